The fourth-order valence-electron chi connectivity index (χ4n) is 2.58. The Morgan fingerprint density at radius 3 is 1.85 bits per heavy atom. The van der Waals surface area contributed by atoms with Crippen LogP contribution in [0.15, 0.2) is 30.3 Å². The Hall–Kier alpha value is -2.26. The Morgan fingerprint density at radius 2 is 1.44 bits per heavy atom. The molecule has 0 saturated heterocycles. The van der Waals surface area contributed by atoms with E-state index in [1.54, 1.807) is 53.7 Å². The van der Waals surface area contributed by atoms with Gasteiger partial charge < -0.3 is 9.47 Å². The fraction of sp³-hybridized carbons (Fsp3) is 0.609. The van der Waals surface area contributed by atoms with Crippen LogP contribution in [-0.2, 0) is 43.9 Å². The van der Waals surface area contributed by atoms with E-state index < -0.39 is 49.6 Å². The van der Waals surface area contributed by atoms with Crippen LogP contribution in [0, 0.1) is 10.8 Å². The lowest BCUT2D eigenvalue weighted by Gasteiger charge is -2.28. The molecule has 0 aromatic heterocycles. The van der Waals surface area contributed by atoms with Gasteiger partial charge in [-0.25, -0.2) is 5.06 Å². The van der Waals surface area contributed by atoms with E-state index in [9.17, 15) is 24.2 Å². The van der Waals surface area contributed by atoms with Gasteiger partial charge in [0.25, 0.3) is 0 Å². The first-order valence-electron chi connectivity index (χ1n) is 10.9. The summed E-state index contributed by atoms with van der Waals surface area (Å²) in [6.07, 6.45) is 0.454. The van der Waals surface area contributed by atoms with Gasteiger partial charge in [0, 0.05) is 6.54 Å². The van der Waals surface area contributed by atoms with Gasteiger partial charge >= 0.3 is 19.5 Å². The van der Waals surface area contributed by atoms with Crippen molar-refractivity contribution >= 4 is 25.9 Å². The zero-order valence-electron chi connectivity index (χ0n) is 20.7. The van der Waals surface area contributed by atoms with Crippen molar-refractivity contribution in [2.24, 2.45) is 10.8 Å². The van der Waals surface area contributed by atoms with Gasteiger partial charge in [-0.15, -0.1) is 0 Å². The van der Waals surface area contributed by atoms with Crippen LogP contribution in [0.2, 0.25) is 0 Å². The van der Waals surface area contributed by atoms with Crippen molar-refractivity contribution < 1.29 is 42.7 Å². The Balaban J connectivity index is 3.11. The lowest BCUT2D eigenvalue weighted by molar-refractivity contribution is -0.162. The first-order valence-corrected chi connectivity index (χ1v) is 12.5. The van der Waals surface area contributed by atoms with Crippen molar-refractivity contribution in [3.8, 4) is 0 Å². The van der Waals surface area contributed by atoms with Crippen molar-refractivity contribution in [3.05, 3.63) is 35.9 Å². The average Bonchev–Trinajstić information content (AvgIpc) is 2.75. The molecule has 1 N–H and O–H groups in total. The molecule has 0 aliphatic heterocycles. The summed E-state index contributed by atoms with van der Waals surface area (Å²) in [5, 5.41) is 9.99. The van der Waals surface area contributed by atoms with Crippen molar-refractivity contribution in [2.45, 2.75) is 60.0 Å². The van der Waals surface area contributed by atoms with Gasteiger partial charge in [0.15, 0.2) is 0 Å². The summed E-state index contributed by atoms with van der Waals surface area (Å²) < 4.78 is 35.0. The summed E-state index contributed by atoms with van der Waals surface area (Å²) >= 11 is 0. The monoisotopic (exact) mass is 501 g/mol. The summed E-state index contributed by atoms with van der Waals surface area (Å²) in [7, 11) is -4.09. The van der Waals surface area contributed by atoms with E-state index in [-0.39, 0.29) is 25.8 Å². The zero-order chi connectivity index (χ0) is 26.0. The highest BCUT2D eigenvalue weighted by Crippen LogP contribution is 2.55. The molecule has 0 aliphatic rings. The van der Waals surface area contributed by atoms with E-state index in [2.05, 4.69) is 0 Å². The maximum Gasteiger partial charge on any atom is 0.339 e. The van der Waals surface area contributed by atoms with Gasteiger partial charge in [0.2, 0.25) is 20.0 Å². The molecule has 0 bridgehead atoms. The molecule has 0 heterocycles. The molecular formula is C23H36NO9P. The molecule has 0 saturated carbocycles. The zero-order valence-corrected chi connectivity index (χ0v) is 21.6. The minimum atomic E-state index is -4.09. The van der Waals surface area contributed by atoms with Gasteiger partial charge in [0.05, 0.1) is 16.5 Å². The van der Waals surface area contributed by atoms with Gasteiger partial charge in [-0.3, -0.25) is 33.2 Å². The third kappa shape index (κ3) is 10.3. The van der Waals surface area contributed by atoms with Crippen LogP contribution in [-0.4, -0.2) is 54.4 Å². The minimum Gasteiger partial charge on any atom is -0.438 e. The number of nitrogens with zero attached hydrogens (tertiary/aromatic N) is 1. The number of rotatable bonds is 13. The van der Waals surface area contributed by atoms with Gasteiger partial charge in [-0.1, -0.05) is 30.3 Å². The summed E-state index contributed by atoms with van der Waals surface area (Å²) in [5.74, 6) is -1.14. The molecule has 10 nitrogen and oxygen atoms in total. The maximum atomic E-state index is 13.9. The lowest BCUT2D eigenvalue weighted by Crippen LogP contribution is -2.28. The van der Waals surface area contributed by atoms with Crippen molar-refractivity contribution in [1.82, 2.24) is 5.06 Å². The van der Waals surface area contributed by atoms with Gasteiger partial charge in [-0.2, -0.15) is 0 Å². The van der Waals surface area contributed by atoms with Crippen LogP contribution >= 0.6 is 7.60 Å². The highest BCUT2D eigenvalue weighted by atomic mass is 31.2. The maximum absolute atomic E-state index is 13.9. The predicted molar refractivity (Wildman–Crippen MR) is 124 cm³/mol. The van der Waals surface area contributed by atoms with E-state index in [1.165, 1.54) is 0 Å². The Kier molecular flexibility index (Phi) is 11.4. The van der Waals surface area contributed by atoms with Crippen LogP contribution in [0.25, 0.3) is 0 Å². The SMILES string of the molecule is CC(C)(C)C(=O)OCOP(=O)(OCOC(=O)C(C)(C)C)C(CCN(O)C=O)Cc1ccccc1. The molecule has 1 rings (SSSR count). The average molecular weight is 502 g/mol. The number of carbonyl (C=O) groups excluding carboxylic acids is 3. The molecule has 1 atom stereocenters. The Labute approximate surface area is 201 Å². The molecule has 0 aliphatic carbocycles. The molecule has 1 aromatic rings. The number of hydroxylamine groups is 2. The highest BCUT2D eigenvalue weighted by molar-refractivity contribution is 7.54. The molecule has 11 heteroatoms. The molecular weight excluding hydrogens is 465 g/mol. The fourth-order valence-corrected chi connectivity index (χ4v) is 4.34. The standard InChI is InChI=1S/C23H36NO9P/c1-22(2,3)20(26)30-16-32-34(29,33-17-31-21(27)23(4,5)6)19(12-13-24(28)15-25)14-18-10-8-7-9-11-18/h7-11,15,19,28H,12-14,16-17H2,1-6H3. The molecule has 0 fully saturated rings. The topological polar surface area (TPSA) is 129 Å². The molecule has 34 heavy (non-hydrogen) atoms. The second-order valence-corrected chi connectivity index (χ2v) is 12.1. The Bertz CT molecular complexity index is 810. The molecule has 0 radical (unpaired) electrons. The number of amides is 1. The molecule has 1 unspecified atom stereocenters. The Morgan fingerprint density at radius 1 is 0.971 bits per heavy atom. The number of carbonyl (C=O) groups is 3. The first kappa shape index (κ1) is 29.8. The van der Waals surface area contributed by atoms with Crippen LogP contribution < -0.4 is 0 Å². The van der Waals surface area contributed by atoms with Gasteiger partial charge in [-0.05, 0) is 59.9 Å². The third-order valence-corrected chi connectivity index (χ3v) is 6.91. The minimum absolute atomic E-state index is 0.0296. The van der Waals surface area contributed by atoms with E-state index in [4.69, 9.17) is 18.5 Å². The molecule has 1 aromatic carbocycles. The second-order valence-electron chi connectivity index (χ2n) is 9.80. The lowest BCUT2D eigenvalue weighted by atomic mass is 9.98. The van der Waals surface area contributed by atoms with E-state index in [0.29, 0.717) is 5.06 Å². The van der Waals surface area contributed by atoms with Crippen molar-refractivity contribution in [1.29, 1.82) is 0 Å². The van der Waals surface area contributed by atoms with E-state index in [0.717, 1.165) is 5.56 Å². The molecule has 192 valence electrons. The number of hydrogen-bond acceptors (Lipinski definition) is 9. The van der Waals surface area contributed by atoms with Crippen molar-refractivity contribution in [3.63, 3.8) is 0 Å². The summed E-state index contributed by atoms with van der Waals surface area (Å²) in [6, 6.07) is 9.06. The quantitative estimate of drug-likeness (QED) is 0.106. The van der Waals surface area contributed by atoms with Crippen LogP contribution in [0.5, 0.6) is 0 Å². The number of ether oxygens (including phenoxy) is 2. The number of hydrogen-bond donors (Lipinski definition) is 1. The largest absolute Gasteiger partial charge is 0.438 e. The number of benzene rings is 1. The van der Waals surface area contributed by atoms with E-state index >= 15 is 0 Å². The van der Waals surface area contributed by atoms with Gasteiger partial charge in [0.1, 0.15) is 0 Å². The summed E-state index contributed by atoms with van der Waals surface area (Å²) in [6.45, 7) is 8.49. The summed E-state index contributed by atoms with van der Waals surface area (Å²) in [5.41, 5.74) is -1.66. The third-order valence-electron chi connectivity index (χ3n) is 4.64. The molecule has 1 amide bonds. The predicted octanol–water partition coefficient (Wildman–Crippen LogP) is 4.16. The normalized spacial score (nSPS) is 13.1. The van der Waals surface area contributed by atoms with Crippen molar-refractivity contribution in [2.75, 3.05) is 20.1 Å². The first-order chi connectivity index (χ1) is 15.7. The number of esters is 2. The van der Waals surface area contributed by atoms with Crippen LogP contribution in [0.4, 0.5) is 0 Å². The van der Waals surface area contributed by atoms with Crippen LogP contribution in [0.1, 0.15) is 53.5 Å². The second kappa shape index (κ2) is 13.0. The highest BCUT2D eigenvalue weighted by Gasteiger charge is 2.38. The molecule has 0 spiro atoms. The van der Waals surface area contributed by atoms with Crippen LogP contribution in [0.3, 0.4) is 0 Å². The smallest absolute Gasteiger partial charge is 0.339 e. The van der Waals surface area contributed by atoms with E-state index in [1.807, 2.05) is 18.2 Å². The summed E-state index contributed by atoms with van der Waals surface area (Å²) in [4.78, 5) is 35.0.